The van der Waals surface area contributed by atoms with Gasteiger partial charge in [-0.2, -0.15) is 0 Å². The van der Waals surface area contributed by atoms with Gasteiger partial charge in [-0.25, -0.2) is 0 Å². The number of ether oxygens (including phenoxy) is 1. The molecule has 1 aliphatic carbocycles. The van der Waals surface area contributed by atoms with Gasteiger partial charge in [0, 0.05) is 31.2 Å². The highest BCUT2D eigenvalue weighted by molar-refractivity contribution is 5.37. The Kier molecular flexibility index (Phi) is 5.53. The second kappa shape index (κ2) is 7.50. The maximum Gasteiger partial charge on any atom is 0.120 e. The van der Waals surface area contributed by atoms with Gasteiger partial charge in [0.2, 0.25) is 0 Å². The van der Waals surface area contributed by atoms with E-state index in [-0.39, 0.29) is 0 Å². The van der Waals surface area contributed by atoms with Crippen molar-refractivity contribution in [3.8, 4) is 11.8 Å². The number of aliphatic hydroxyl groups is 1. The van der Waals surface area contributed by atoms with Crippen molar-refractivity contribution in [1.29, 1.82) is 0 Å². The number of hydrogen-bond acceptors (Lipinski definition) is 3. The summed E-state index contributed by atoms with van der Waals surface area (Å²) in [6, 6.07) is 8.44. The van der Waals surface area contributed by atoms with Crippen LogP contribution in [0.5, 0.6) is 0 Å². The minimum Gasteiger partial charge on any atom is -0.381 e. The molecule has 0 bridgehead atoms. The number of methoxy groups -OCH3 is 1. The molecular formula is C22H31NO2. The van der Waals surface area contributed by atoms with E-state index in [4.69, 9.17) is 4.74 Å². The fourth-order valence-electron chi connectivity index (χ4n) is 4.51. The summed E-state index contributed by atoms with van der Waals surface area (Å²) in [6.45, 7) is 6.75. The van der Waals surface area contributed by atoms with Crippen LogP contribution >= 0.6 is 0 Å². The maximum absolute atomic E-state index is 9.70. The van der Waals surface area contributed by atoms with Gasteiger partial charge in [0.15, 0.2) is 0 Å². The van der Waals surface area contributed by atoms with Crippen LogP contribution in [0.4, 0.5) is 0 Å². The SMILES string of the molecule is CO[C@@H]1CCC[C@@]12CCCN(Cc1ccc(C#CC(C)(C)O)cc1)C2. The predicted octanol–water partition coefficient (Wildman–Crippen LogP) is 3.59. The number of hydrogen-bond donors (Lipinski definition) is 1. The van der Waals surface area contributed by atoms with Crippen molar-refractivity contribution in [2.45, 2.75) is 64.2 Å². The van der Waals surface area contributed by atoms with E-state index < -0.39 is 5.60 Å². The summed E-state index contributed by atoms with van der Waals surface area (Å²) < 4.78 is 5.81. The first kappa shape index (κ1) is 18.5. The summed E-state index contributed by atoms with van der Waals surface area (Å²) in [5, 5.41) is 9.70. The van der Waals surface area contributed by atoms with Crippen LogP contribution in [0.25, 0.3) is 0 Å². The summed E-state index contributed by atoms with van der Waals surface area (Å²) in [7, 11) is 1.88. The van der Waals surface area contributed by atoms with E-state index in [0.29, 0.717) is 11.5 Å². The monoisotopic (exact) mass is 341 g/mol. The van der Waals surface area contributed by atoms with Crippen LogP contribution in [-0.2, 0) is 11.3 Å². The molecule has 1 aromatic carbocycles. The van der Waals surface area contributed by atoms with Crippen molar-refractivity contribution < 1.29 is 9.84 Å². The van der Waals surface area contributed by atoms with Crippen LogP contribution < -0.4 is 0 Å². The lowest BCUT2D eigenvalue weighted by atomic mass is 9.76. The molecule has 3 nitrogen and oxygen atoms in total. The number of rotatable bonds is 3. The van der Waals surface area contributed by atoms with Gasteiger partial charge in [0.25, 0.3) is 0 Å². The molecule has 3 rings (SSSR count). The van der Waals surface area contributed by atoms with Crippen LogP contribution in [0, 0.1) is 17.3 Å². The third-order valence-corrected chi connectivity index (χ3v) is 5.67. The Bertz CT molecular complexity index is 635. The van der Waals surface area contributed by atoms with E-state index in [2.05, 4.69) is 41.0 Å². The summed E-state index contributed by atoms with van der Waals surface area (Å²) in [4.78, 5) is 2.60. The number of nitrogens with zero attached hydrogens (tertiary/aromatic N) is 1. The van der Waals surface area contributed by atoms with Crippen LogP contribution in [-0.4, -0.2) is 41.9 Å². The van der Waals surface area contributed by atoms with Gasteiger partial charge in [-0.15, -0.1) is 0 Å². The Balaban J connectivity index is 1.63. The molecule has 1 aromatic rings. The molecule has 1 N–H and O–H groups in total. The van der Waals surface area contributed by atoms with Crippen molar-refractivity contribution in [2.75, 3.05) is 20.2 Å². The molecule has 0 amide bonds. The summed E-state index contributed by atoms with van der Waals surface area (Å²) in [6.07, 6.45) is 6.87. The van der Waals surface area contributed by atoms with E-state index in [1.807, 2.05) is 7.11 Å². The molecule has 0 aromatic heterocycles. The molecule has 1 saturated heterocycles. The molecular weight excluding hydrogens is 310 g/mol. The Hall–Kier alpha value is -1.34. The quantitative estimate of drug-likeness (QED) is 0.853. The third kappa shape index (κ3) is 4.64. The molecule has 25 heavy (non-hydrogen) atoms. The summed E-state index contributed by atoms with van der Waals surface area (Å²) in [5.41, 5.74) is 1.72. The zero-order chi connectivity index (χ0) is 17.9. The van der Waals surface area contributed by atoms with Gasteiger partial charge < -0.3 is 9.84 Å². The van der Waals surface area contributed by atoms with Gasteiger partial charge in [0.1, 0.15) is 5.60 Å². The average Bonchev–Trinajstić information content (AvgIpc) is 2.95. The molecule has 1 aliphatic heterocycles. The van der Waals surface area contributed by atoms with Crippen molar-refractivity contribution >= 4 is 0 Å². The first-order chi connectivity index (χ1) is 11.9. The van der Waals surface area contributed by atoms with Crippen molar-refractivity contribution in [1.82, 2.24) is 4.90 Å². The molecule has 2 aliphatic rings. The highest BCUT2D eigenvalue weighted by atomic mass is 16.5. The van der Waals surface area contributed by atoms with E-state index in [1.165, 1.54) is 44.2 Å². The highest BCUT2D eigenvalue weighted by Gasteiger charge is 2.45. The Labute approximate surface area is 152 Å². The molecule has 136 valence electrons. The molecule has 1 heterocycles. The van der Waals surface area contributed by atoms with Crippen LogP contribution in [0.2, 0.25) is 0 Å². The van der Waals surface area contributed by atoms with Crippen molar-refractivity contribution in [2.24, 2.45) is 5.41 Å². The number of likely N-dealkylation sites (tertiary alicyclic amines) is 1. The topological polar surface area (TPSA) is 32.7 Å². The van der Waals surface area contributed by atoms with Crippen molar-refractivity contribution in [3.63, 3.8) is 0 Å². The highest BCUT2D eigenvalue weighted by Crippen LogP contribution is 2.46. The lowest BCUT2D eigenvalue weighted by molar-refractivity contribution is -0.0366. The van der Waals surface area contributed by atoms with Gasteiger partial charge in [-0.3, -0.25) is 4.90 Å². The Morgan fingerprint density at radius 3 is 2.64 bits per heavy atom. The van der Waals surface area contributed by atoms with Gasteiger partial charge in [0.05, 0.1) is 6.10 Å². The first-order valence-corrected chi connectivity index (χ1v) is 9.50. The minimum atomic E-state index is -0.944. The zero-order valence-electron chi connectivity index (χ0n) is 15.8. The maximum atomic E-state index is 9.70. The van der Waals surface area contributed by atoms with Gasteiger partial charge in [-0.1, -0.05) is 30.4 Å². The lowest BCUT2D eigenvalue weighted by Gasteiger charge is -2.43. The Morgan fingerprint density at radius 2 is 1.96 bits per heavy atom. The molecule has 2 fully saturated rings. The Morgan fingerprint density at radius 1 is 1.24 bits per heavy atom. The average molecular weight is 341 g/mol. The van der Waals surface area contributed by atoms with Gasteiger partial charge in [-0.05, 0) is 63.8 Å². The molecule has 0 unspecified atom stereocenters. The van der Waals surface area contributed by atoms with E-state index in [1.54, 1.807) is 13.8 Å². The molecule has 3 heteroatoms. The predicted molar refractivity (Wildman–Crippen MR) is 101 cm³/mol. The second-order valence-electron chi connectivity index (χ2n) is 8.30. The third-order valence-electron chi connectivity index (χ3n) is 5.67. The van der Waals surface area contributed by atoms with Crippen LogP contribution in [0.3, 0.4) is 0 Å². The van der Waals surface area contributed by atoms with Crippen LogP contribution in [0.1, 0.15) is 57.1 Å². The summed E-state index contributed by atoms with van der Waals surface area (Å²) in [5.74, 6) is 5.90. The van der Waals surface area contributed by atoms with Crippen molar-refractivity contribution in [3.05, 3.63) is 35.4 Å². The lowest BCUT2D eigenvalue weighted by Crippen LogP contribution is -2.47. The smallest absolute Gasteiger partial charge is 0.120 e. The molecule has 2 atom stereocenters. The minimum absolute atomic E-state index is 0.380. The van der Waals surface area contributed by atoms with E-state index >= 15 is 0 Å². The summed E-state index contributed by atoms with van der Waals surface area (Å²) >= 11 is 0. The molecule has 1 saturated carbocycles. The number of piperidine rings is 1. The fourth-order valence-corrected chi connectivity index (χ4v) is 4.51. The molecule has 0 radical (unpaired) electrons. The fraction of sp³-hybridized carbons (Fsp3) is 0.636. The van der Waals surface area contributed by atoms with Gasteiger partial charge >= 0.3 is 0 Å². The zero-order valence-corrected chi connectivity index (χ0v) is 15.8. The van der Waals surface area contributed by atoms with Crippen LogP contribution in [0.15, 0.2) is 24.3 Å². The standard InChI is InChI=1S/C22H31NO2/c1-21(2,24)14-11-18-7-9-19(10-8-18)16-23-15-5-13-22(17-23)12-4-6-20(22)25-3/h7-10,20,24H,4-6,12-13,15-17H2,1-3H3/t20-,22+/m1/s1. The normalized spacial score (nSPS) is 27.3. The second-order valence-corrected chi connectivity index (χ2v) is 8.30. The van der Waals surface area contributed by atoms with E-state index in [0.717, 1.165) is 18.7 Å². The largest absolute Gasteiger partial charge is 0.381 e. The first-order valence-electron chi connectivity index (χ1n) is 9.50. The van der Waals surface area contributed by atoms with E-state index in [9.17, 15) is 5.11 Å². The number of benzene rings is 1. The molecule has 1 spiro atoms.